The number of nitrogens with one attached hydrogen (secondary N) is 1. The van der Waals surface area contributed by atoms with Gasteiger partial charge in [-0.3, -0.25) is 0 Å². The Kier molecular flexibility index (Phi) is 5.37. The van der Waals surface area contributed by atoms with E-state index in [0.29, 0.717) is 17.5 Å². The van der Waals surface area contributed by atoms with E-state index in [1.165, 1.54) is 0 Å². The summed E-state index contributed by atoms with van der Waals surface area (Å²) in [5.74, 6) is 2.70. The van der Waals surface area contributed by atoms with Gasteiger partial charge in [0.15, 0.2) is 0 Å². The fourth-order valence-electron chi connectivity index (χ4n) is 1.61. The van der Waals surface area contributed by atoms with Crippen molar-refractivity contribution in [1.82, 2.24) is 9.97 Å². The standard InChI is InChI=1S/C14H15Br2N3O/c1-3-6-17-13-8-14(19-9(2)18-13)20-12-5-4-10(15)7-11(12)16/h4-5,7-8H,3,6H2,1-2H3,(H,17,18,19). The molecule has 4 nitrogen and oxygen atoms in total. The number of hydrogen-bond acceptors (Lipinski definition) is 4. The van der Waals surface area contributed by atoms with Crippen LogP contribution in [0, 0.1) is 6.92 Å². The van der Waals surface area contributed by atoms with Crippen LogP contribution in [0.2, 0.25) is 0 Å². The van der Waals surface area contributed by atoms with Crippen LogP contribution in [-0.4, -0.2) is 16.5 Å². The van der Waals surface area contributed by atoms with Crippen LogP contribution in [0.4, 0.5) is 5.82 Å². The molecule has 0 aliphatic carbocycles. The number of aryl methyl sites for hydroxylation is 1. The number of anilines is 1. The molecule has 0 radical (unpaired) electrons. The van der Waals surface area contributed by atoms with Gasteiger partial charge in [-0.1, -0.05) is 22.9 Å². The predicted molar refractivity (Wildman–Crippen MR) is 87.5 cm³/mol. The number of aromatic nitrogens is 2. The minimum absolute atomic E-state index is 0.527. The van der Waals surface area contributed by atoms with Gasteiger partial charge in [-0.15, -0.1) is 0 Å². The van der Waals surface area contributed by atoms with E-state index in [1.54, 1.807) is 6.07 Å². The number of benzene rings is 1. The number of rotatable bonds is 5. The zero-order chi connectivity index (χ0) is 14.5. The van der Waals surface area contributed by atoms with Crippen molar-refractivity contribution in [2.24, 2.45) is 0 Å². The molecule has 0 unspecified atom stereocenters. The lowest BCUT2D eigenvalue weighted by Gasteiger charge is -2.10. The van der Waals surface area contributed by atoms with Gasteiger partial charge in [0.25, 0.3) is 0 Å². The van der Waals surface area contributed by atoms with Crippen LogP contribution in [0.5, 0.6) is 11.6 Å². The average Bonchev–Trinajstić information content (AvgIpc) is 2.39. The number of hydrogen-bond donors (Lipinski definition) is 1. The van der Waals surface area contributed by atoms with Crippen LogP contribution in [0.1, 0.15) is 19.2 Å². The molecule has 0 saturated heterocycles. The summed E-state index contributed by atoms with van der Waals surface area (Å²) in [5.41, 5.74) is 0. The van der Waals surface area contributed by atoms with Crippen LogP contribution in [0.3, 0.4) is 0 Å². The van der Waals surface area contributed by atoms with Crippen LogP contribution in [0.25, 0.3) is 0 Å². The molecule has 1 heterocycles. The highest BCUT2D eigenvalue weighted by Crippen LogP contribution is 2.31. The van der Waals surface area contributed by atoms with Crippen LogP contribution < -0.4 is 10.1 Å². The van der Waals surface area contributed by atoms with Gasteiger partial charge in [0.1, 0.15) is 17.4 Å². The normalized spacial score (nSPS) is 10.4. The summed E-state index contributed by atoms with van der Waals surface area (Å²) in [6, 6.07) is 7.53. The molecule has 106 valence electrons. The van der Waals surface area contributed by atoms with Gasteiger partial charge in [-0.2, -0.15) is 4.98 Å². The van der Waals surface area contributed by atoms with E-state index in [-0.39, 0.29) is 0 Å². The molecule has 2 aromatic rings. The molecule has 0 saturated carbocycles. The zero-order valence-corrected chi connectivity index (χ0v) is 14.5. The Bertz CT molecular complexity index is 605. The molecular formula is C14H15Br2N3O. The molecular weight excluding hydrogens is 386 g/mol. The summed E-state index contributed by atoms with van der Waals surface area (Å²) < 4.78 is 7.66. The van der Waals surface area contributed by atoms with Gasteiger partial charge < -0.3 is 10.1 Å². The Morgan fingerprint density at radius 2 is 2.00 bits per heavy atom. The number of nitrogens with zero attached hydrogens (tertiary/aromatic N) is 2. The molecule has 1 aromatic carbocycles. The lowest BCUT2D eigenvalue weighted by Crippen LogP contribution is -2.04. The Morgan fingerprint density at radius 3 is 2.70 bits per heavy atom. The first-order valence-electron chi connectivity index (χ1n) is 6.31. The second kappa shape index (κ2) is 7.04. The SMILES string of the molecule is CCCNc1cc(Oc2ccc(Br)cc2Br)nc(C)n1. The summed E-state index contributed by atoms with van der Waals surface area (Å²) >= 11 is 6.88. The Balaban J connectivity index is 2.21. The summed E-state index contributed by atoms with van der Waals surface area (Å²) in [4.78, 5) is 8.62. The van der Waals surface area contributed by atoms with Crippen molar-refractivity contribution in [1.29, 1.82) is 0 Å². The number of ether oxygens (including phenoxy) is 1. The van der Waals surface area contributed by atoms with Crippen molar-refractivity contribution in [2.45, 2.75) is 20.3 Å². The van der Waals surface area contributed by atoms with Gasteiger partial charge in [0.2, 0.25) is 5.88 Å². The largest absolute Gasteiger partial charge is 0.438 e. The summed E-state index contributed by atoms with van der Waals surface area (Å²) in [7, 11) is 0. The second-order valence-electron chi connectivity index (χ2n) is 4.24. The molecule has 20 heavy (non-hydrogen) atoms. The maximum absolute atomic E-state index is 5.81. The van der Waals surface area contributed by atoms with E-state index in [4.69, 9.17) is 4.74 Å². The van der Waals surface area contributed by atoms with Crippen molar-refractivity contribution in [3.8, 4) is 11.6 Å². The van der Waals surface area contributed by atoms with Gasteiger partial charge in [0, 0.05) is 17.1 Å². The third kappa shape index (κ3) is 4.18. The van der Waals surface area contributed by atoms with E-state index in [9.17, 15) is 0 Å². The minimum Gasteiger partial charge on any atom is -0.438 e. The fraction of sp³-hybridized carbons (Fsp3) is 0.286. The molecule has 0 aliphatic rings. The van der Waals surface area contributed by atoms with Crippen molar-refractivity contribution < 1.29 is 4.74 Å². The first kappa shape index (κ1) is 15.3. The van der Waals surface area contributed by atoms with E-state index < -0.39 is 0 Å². The molecule has 1 N–H and O–H groups in total. The third-order valence-electron chi connectivity index (χ3n) is 2.48. The molecule has 0 spiro atoms. The van der Waals surface area contributed by atoms with Crippen molar-refractivity contribution in [3.63, 3.8) is 0 Å². The molecule has 2 rings (SSSR count). The van der Waals surface area contributed by atoms with Crippen LogP contribution >= 0.6 is 31.9 Å². The van der Waals surface area contributed by atoms with Gasteiger partial charge >= 0.3 is 0 Å². The topological polar surface area (TPSA) is 47.0 Å². The summed E-state index contributed by atoms with van der Waals surface area (Å²) in [6.45, 7) is 4.83. The lowest BCUT2D eigenvalue weighted by molar-refractivity contribution is 0.457. The Labute approximate surface area is 135 Å². The molecule has 0 aliphatic heterocycles. The Morgan fingerprint density at radius 1 is 1.20 bits per heavy atom. The van der Waals surface area contributed by atoms with Crippen LogP contribution in [0.15, 0.2) is 33.2 Å². The molecule has 0 amide bonds. The van der Waals surface area contributed by atoms with E-state index >= 15 is 0 Å². The first-order chi connectivity index (χ1) is 9.58. The average molecular weight is 401 g/mol. The molecule has 1 aromatic heterocycles. The monoisotopic (exact) mass is 399 g/mol. The fourth-order valence-corrected chi connectivity index (χ4v) is 2.73. The van der Waals surface area contributed by atoms with Crippen LogP contribution in [-0.2, 0) is 0 Å². The van der Waals surface area contributed by atoms with E-state index in [2.05, 4.69) is 54.1 Å². The highest BCUT2D eigenvalue weighted by atomic mass is 79.9. The molecule has 0 bridgehead atoms. The van der Waals surface area contributed by atoms with Crippen molar-refractivity contribution in [3.05, 3.63) is 39.0 Å². The van der Waals surface area contributed by atoms with E-state index in [1.807, 2.05) is 25.1 Å². The molecule has 0 fully saturated rings. The number of halogens is 2. The maximum atomic E-state index is 5.81. The highest BCUT2D eigenvalue weighted by Gasteiger charge is 2.07. The zero-order valence-electron chi connectivity index (χ0n) is 11.3. The molecule has 6 heteroatoms. The third-order valence-corrected chi connectivity index (χ3v) is 3.59. The maximum Gasteiger partial charge on any atom is 0.224 e. The molecule has 0 atom stereocenters. The first-order valence-corrected chi connectivity index (χ1v) is 7.89. The second-order valence-corrected chi connectivity index (χ2v) is 6.01. The smallest absolute Gasteiger partial charge is 0.224 e. The summed E-state index contributed by atoms with van der Waals surface area (Å²) in [6.07, 6.45) is 1.04. The van der Waals surface area contributed by atoms with Crippen molar-refractivity contribution in [2.75, 3.05) is 11.9 Å². The van der Waals surface area contributed by atoms with Gasteiger partial charge in [-0.05, 0) is 47.5 Å². The predicted octanol–water partition coefficient (Wildman–Crippen LogP) is 4.92. The lowest BCUT2D eigenvalue weighted by atomic mass is 10.3. The quantitative estimate of drug-likeness (QED) is 0.773. The minimum atomic E-state index is 0.527. The van der Waals surface area contributed by atoms with Crippen molar-refractivity contribution >= 4 is 37.7 Å². The highest BCUT2D eigenvalue weighted by molar-refractivity contribution is 9.11. The van der Waals surface area contributed by atoms with Gasteiger partial charge in [-0.25, -0.2) is 4.98 Å². The van der Waals surface area contributed by atoms with Gasteiger partial charge in [0.05, 0.1) is 4.47 Å². The van der Waals surface area contributed by atoms with E-state index in [0.717, 1.165) is 27.7 Å². The Hall–Kier alpha value is -1.14. The summed E-state index contributed by atoms with van der Waals surface area (Å²) in [5, 5.41) is 3.23.